The zero-order valence-electron chi connectivity index (χ0n) is 30.4. The van der Waals surface area contributed by atoms with Crippen LogP contribution in [0.2, 0.25) is 0 Å². The highest BCUT2D eigenvalue weighted by Gasteiger charge is 2.39. The molecule has 2 heterocycles. The van der Waals surface area contributed by atoms with Gasteiger partial charge in [-0.2, -0.15) is 4.31 Å². The molecule has 1 aliphatic heterocycles. The number of benzene rings is 3. The van der Waals surface area contributed by atoms with Gasteiger partial charge in [0, 0.05) is 24.3 Å². The van der Waals surface area contributed by atoms with Crippen molar-refractivity contribution in [2.75, 3.05) is 32.8 Å². The molecule has 3 aromatic carbocycles. The van der Waals surface area contributed by atoms with E-state index in [1.165, 1.54) is 43.0 Å². The number of para-hydroxylation sites is 1. The Hall–Kier alpha value is -4.69. The van der Waals surface area contributed by atoms with Gasteiger partial charge >= 0.3 is 0 Å². The summed E-state index contributed by atoms with van der Waals surface area (Å²) in [5, 5.41) is 11.8. The molecular weight excluding hydrogens is 685 g/mol. The van der Waals surface area contributed by atoms with Crippen molar-refractivity contribution in [1.82, 2.24) is 24.6 Å². The SMILES string of the molecule is COc1cc(C(C(=O)NC2CCCCC2)N(C(=O)C(C)n2nnc3ccccc32)c2ccc(S(=O)(=O)N3CCCCC3C)cc2)cc(OC)c1OC. The second-order valence-electron chi connectivity index (χ2n) is 13.6. The lowest BCUT2D eigenvalue weighted by molar-refractivity contribution is -0.128. The van der Waals surface area contributed by atoms with Gasteiger partial charge in [0.1, 0.15) is 17.6 Å². The van der Waals surface area contributed by atoms with Crippen LogP contribution in [0.25, 0.3) is 11.0 Å². The summed E-state index contributed by atoms with van der Waals surface area (Å²) < 4.78 is 47.7. The Morgan fingerprint density at radius 1 is 0.885 bits per heavy atom. The molecule has 278 valence electrons. The Balaban J connectivity index is 1.50. The van der Waals surface area contributed by atoms with Crippen LogP contribution in [0.15, 0.2) is 65.6 Å². The average molecular weight is 733 g/mol. The third-order valence-corrected chi connectivity index (χ3v) is 12.3. The van der Waals surface area contributed by atoms with Crippen LogP contribution < -0.4 is 24.4 Å². The number of hydrogen-bond acceptors (Lipinski definition) is 9. The summed E-state index contributed by atoms with van der Waals surface area (Å²) in [5.41, 5.74) is 2.00. The number of amides is 2. The second kappa shape index (κ2) is 15.9. The van der Waals surface area contributed by atoms with Crippen LogP contribution in [0.3, 0.4) is 0 Å². The molecule has 0 spiro atoms. The van der Waals surface area contributed by atoms with E-state index >= 15 is 4.79 Å². The molecule has 0 bridgehead atoms. The van der Waals surface area contributed by atoms with Crippen LogP contribution in [0.5, 0.6) is 17.2 Å². The summed E-state index contributed by atoms with van der Waals surface area (Å²) in [6, 6.07) is 14.5. The van der Waals surface area contributed by atoms with Gasteiger partial charge in [0.05, 0.1) is 31.7 Å². The Bertz CT molecular complexity index is 1970. The van der Waals surface area contributed by atoms with Gasteiger partial charge in [0.25, 0.3) is 5.91 Å². The first kappa shape index (κ1) is 37.1. The summed E-state index contributed by atoms with van der Waals surface area (Å²) >= 11 is 0. The van der Waals surface area contributed by atoms with Gasteiger partial charge in [-0.3, -0.25) is 14.5 Å². The van der Waals surface area contributed by atoms with E-state index in [1.807, 2.05) is 31.2 Å². The molecule has 2 fully saturated rings. The van der Waals surface area contributed by atoms with Crippen molar-refractivity contribution >= 4 is 38.6 Å². The number of carbonyl (C=O) groups is 2. The van der Waals surface area contributed by atoms with Crippen molar-refractivity contribution in [2.45, 2.75) is 94.3 Å². The number of nitrogens with one attached hydrogen (secondary N) is 1. The van der Waals surface area contributed by atoms with Crippen LogP contribution in [0, 0.1) is 0 Å². The summed E-state index contributed by atoms with van der Waals surface area (Å²) in [7, 11) is 0.666. The molecule has 1 saturated carbocycles. The van der Waals surface area contributed by atoms with E-state index < -0.39 is 33.9 Å². The molecule has 14 heteroatoms. The number of sulfonamides is 1. The molecule has 4 aromatic rings. The van der Waals surface area contributed by atoms with E-state index in [-0.39, 0.29) is 17.0 Å². The van der Waals surface area contributed by atoms with E-state index in [2.05, 4.69) is 15.6 Å². The Morgan fingerprint density at radius 3 is 2.17 bits per heavy atom. The summed E-state index contributed by atoms with van der Waals surface area (Å²) in [6.07, 6.45) is 7.30. The molecule has 13 nitrogen and oxygen atoms in total. The molecular formula is C38H48N6O7S. The predicted octanol–water partition coefficient (Wildman–Crippen LogP) is 5.80. The largest absolute Gasteiger partial charge is 0.493 e. The Morgan fingerprint density at radius 2 is 1.54 bits per heavy atom. The normalized spacial score (nSPS) is 18.4. The topological polar surface area (TPSA) is 145 Å². The van der Waals surface area contributed by atoms with Gasteiger partial charge < -0.3 is 19.5 Å². The zero-order chi connectivity index (χ0) is 37.0. The molecule has 1 saturated heterocycles. The van der Waals surface area contributed by atoms with Gasteiger partial charge in [-0.25, -0.2) is 13.1 Å². The van der Waals surface area contributed by atoms with Gasteiger partial charge in [-0.05, 0) is 93.6 Å². The lowest BCUT2D eigenvalue weighted by Gasteiger charge is -2.35. The molecule has 52 heavy (non-hydrogen) atoms. The van der Waals surface area contributed by atoms with E-state index in [0.717, 1.165) is 51.4 Å². The summed E-state index contributed by atoms with van der Waals surface area (Å²) in [5.74, 6) is 0.0961. The maximum atomic E-state index is 15.0. The number of ether oxygens (including phenoxy) is 3. The number of methoxy groups -OCH3 is 3. The summed E-state index contributed by atoms with van der Waals surface area (Å²) in [6.45, 7) is 4.08. The zero-order valence-corrected chi connectivity index (χ0v) is 31.3. The molecule has 3 unspecified atom stereocenters. The van der Waals surface area contributed by atoms with Crippen molar-refractivity contribution < 1.29 is 32.2 Å². The highest BCUT2D eigenvalue weighted by Crippen LogP contribution is 2.42. The standard InChI is InChI=1S/C38H48N6O7S/c1-25-13-11-12-22-42(25)52(47,48)30-20-18-29(19-21-30)43(38(46)26(2)44-32-17-10-9-16-31(32)40-41-44)35(37(45)39-28-14-7-6-8-15-28)27-23-33(49-3)36(51-5)34(24-27)50-4/h9-10,16-21,23-26,28,35H,6-8,11-15,22H2,1-5H3,(H,39,45). The van der Waals surface area contributed by atoms with E-state index in [9.17, 15) is 13.2 Å². The fourth-order valence-corrected chi connectivity index (χ4v) is 9.13. The fourth-order valence-electron chi connectivity index (χ4n) is 7.43. The number of hydrogen-bond donors (Lipinski definition) is 1. The Kier molecular flexibility index (Phi) is 11.3. The monoisotopic (exact) mass is 732 g/mol. The minimum atomic E-state index is -3.80. The van der Waals surface area contributed by atoms with Crippen LogP contribution in [0.4, 0.5) is 5.69 Å². The van der Waals surface area contributed by atoms with Crippen molar-refractivity contribution in [3.8, 4) is 17.2 Å². The van der Waals surface area contributed by atoms with E-state index in [4.69, 9.17) is 14.2 Å². The Labute approximate surface area is 305 Å². The van der Waals surface area contributed by atoms with Crippen molar-refractivity contribution in [1.29, 1.82) is 0 Å². The van der Waals surface area contributed by atoms with E-state index in [1.54, 1.807) is 35.5 Å². The predicted molar refractivity (Wildman–Crippen MR) is 197 cm³/mol. The summed E-state index contributed by atoms with van der Waals surface area (Å²) in [4.78, 5) is 31.3. The van der Waals surface area contributed by atoms with E-state index in [0.29, 0.717) is 46.1 Å². The molecule has 2 amide bonds. The van der Waals surface area contributed by atoms with Crippen molar-refractivity contribution in [3.63, 3.8) is 0 Å². The third-order valence-electron chi connectivity index (χ3n) is 10.3. The number of rotatable bonds is 12. The molecule has 2 aliphatic rings. The van der Waals surface area contributed by atoms with Crippen LogP contribution in [-0.4, -0.2) is 79.5 Å². The molecule has 1 N–H and O–H groups in total. The highest BCUT2D eigenvalue weighted by molar-refractivity contribution is 7.89. The molecule has 3 atom stereocenters. The fraction of sp³-hybridized carbons (Fsp3) is 0.474. The number of carbonyl (C=O) groups excluding carboxylic acids is 2. The smallest absolute Gasteiger partial charge is 0.252 e. The average Bonchev–Trinajstić information content (AvgIpc) is 3.60. The lowest BCUT2D eigenvalue weighted by Crippen LogP contribution is -2.49. The van der Waals surface area contributed by atoms with Gasteiger partial charge in [0.2, 0.25) is 21.7 Å². The van der Waals surface area contributed by atoms with Gasteiger partial charge in [0.15, 0.2) is 11.5 Å². The minimum absolute atomic E-state index is 0.0709. The molecule has 6 rings (SSSR count). The second-order valence-corrected chi connectivity index (χ2v) is 15.5. The van der Waals surface area contributed by atoms with Gasteiger partial charge in [-0.1, -0.05) is 43.0 Å². The number of fused-ring (bicyclic) bond motifs is 1. The molecule has 1 aliphatic carbocycles. The quantitative estimate of drug-likeness (QED) is 0.191. The van der Waals surface area contributed by atoms with Crippen LogP contribution in [0.1, 0.15) is 82.9 Å². The lowest BCUT2D eigenvalue weighted by atomic mass is 9.94. The first-order valence-electron chi connectivity index (χ1n) is 17.9. The number of aromatic nitrogens is 3. The van der Waals surface area contributed by atoms with Crippen LogP contribution in [-0.2, 0) is 19.6 Å². The molecule has 1 aromatic heterocycles. The number of anilines is 1. The van der Waals surface area contributed by atoms with Gasteiger partial charge in [-0.15, -0.1) is 5.10 Å². The van der Waals surface area contributed by atoms with Crippen molar-refractivity contribution in [2.24, 2.45) is 0 Å². The van der Waals surface area contributed by atoms with Crippen molar-refractivity contribution in [3.05, 3.63) is 66.2 Å². The number of piperidine rings is 1. The highest BCUT2D eigenvalue weighted by atomic mass is 32.2. The van der Waals surface area contributed by atoms with Crippen LogP contribution >= 0.6 is 0 Å². The third kappa shape index (κ3) is 7.31. The maximum absolute atomic E-state index is 15.0. The number of nitrogens with zero attached hydrogens (tertiary/aromatic N) is 5. The molecule has 0 radical (unpaired) electrons. The first-order valence-corrected chi connectivity index (χ1v) is 19.4. The minimum Gasteiger partial charge on any atom is -0.493 e. The maximum Gasteiger partial charge on any atom is 0.252 e. The first-order chi connectivity index (χ1) is 25.1.